The zero-order valence-electron chi connectivity index (χ0n) is 6.13. The van der Waals surface area contributed by atoms with Crippen LogP contribution in [-0.2, 0) is 0 Å². The van der Waals surface area contributed by atoms with Gasteiger partial charge in [0.05, 0.1) is 0 Å². The van der Waals surface area contributed by atoms with Crippen molar-refractivity contribution in [3.05, 3.63) is 30.3 Å². The Morgan fingerprint density at radius 1 is 1.55 bits per heavy atom. The van der Waals surface area contributed by atoms with E-state index in [9.17, 15) is 4.79 Å². The molecule has 0 aliphatic rings. The summed E-state index contributed by atoms with van der Waals surface area (Å²) in [7, 11) is 1.51. The van der Waals surface area contributed by atoms with Gasteiger partial charge in [-0.3, -0.25) is 0 Å². The van der Waals surface area contributed by atoms with Crippen LogP contribution >= 0.6 is 0 Å². The average molecular weight is 150 g/mol. The largest absolute Gasteiger partial charge is 0.412 e. The smallest absolute Gasteiger partial charge is 0.410 e. The first kappa shape index (κ1) is 7.60. The fourth-order valence-electron chi connectivity index (χ4n) is 0.598. The zero-order chi connectivity index (χ0) is 8.10. The molecule has 1 rings (SSSR count). The lowest BCUT2D eigenvalue weighted by atomic mass is 10.3. The van der Waals surface area contributed by atoms with E-state index in [4.69, 9.17) is 4.74 Å². The quantitative estimate of drug-likeness (QED) is 0.653. The SMILES string of the molecule is CNC(=O)Oc1cc[c]cc1. The Bertz CT molecular complexity index is 233. The van der Waals surface area contributed by atoms with E-state index in [0.29, 0.717) is 5.75 Å². The summed E-state index contributed by atoms with van der Waals surface area (Å²) in [6.45, 7) is 0. The van der Waals surface area contributed by atoms with E-state index >= 15 is 0 Å². The minimum Gasteiger partial charge on any atom is -0.410 e. The van der Waals surface area contributed by atoms with Gasteiger partial charge < -0.3 is 10.1 Å². The van der Waals surface area contributed by atoms with E-state index in [2.05, 4.69) is 11.4 Å². The van der Waals surface area contributed by atoms with Gasteiger partial charge in [0.2, 0.25) is 0 Å². The highest BCUT2D eigenvalue weighted by Gasteiger charge is 1.97. The molecule has 57 valence electrons. The van der Waals surface area contributed by atoms with Crippen LogP contribution in [0.1, 0.15) is 0 Å². The maximum atomic E-state index is 10.6. The molecule has 0 heterocycles. The number of amides is 1. The number of carbonyl (C=O) groups excluding carboxylic acids is 1. The highest BCUT2D eigenvalue weighted by molar-refractivity contribution is 5.69. The zero-order valence-corrected chi connectivity index (χ0v) is 6.13. The van der Waals surface area contributed by atoms with Gasteiger partial charge in [0.1, 0.15) is 5.75 Å². The van der Waals surface area contributed by atoms with Gasteiger partial charge >= 0.3 is 6.09 Å². The first-order chi connectivity index (χ1) is 5.33. The van der Waals surface area contributed by atoms with Gasteiger partial charge in [0.15, 0.2) is 0 Å². The van der Waals surface area contributed by atoms with Crippen LogP contribution in [0.5, 0.6) is 5.75 Å². The standard InChI is InChI=1S/C8H8NO2/c1-9-8(10)11-7-5-3-2-4-6-7/h3-6H,1H3,(H,9,10). The molecule has 1 N–H and O–H groups in total. The topological polar surface area (TPSA) is 38.3 Å². The molecule has 1 radical (unpaired) electrons. The molecule has 0 atom stereocenters. The Labute approximate surface area is 65.0 Å². The van der Waals surface area contributed by atoms with Crippen LogP contribution in [0.25, 0.3) is 0 Å². The fraction of sp³-hybridized carbons (Fsp3) is 0.125. The van der Waals surface area contributed by atoms with Gasteiger partial charge in [-0.1, -0.05) is 12.1 Å². The van der Waals surface area contributed by atoms with Crippen molar-refractivity contribution in [2.45, 2.75) is 0 Å². The van der Waals surface area contributed by atoms with Gasteiger partial charge in [-0.15, -0.1) is 0 Å². The second-order valence-corrected chi connectivity index (χ2v) is 1.88. The van der Waals surface area contributed by atoms with Crippen molar-refractivity contribution in [2.75, 3.05) is 7.05 Å². The monoisotopic (exact) mass is 150 g/mol. The summed E-state index contributed by atoms with van der Waals surface area (Å²) in [6.07, 6.45) is -0.462. The summed E-state index contributed by atoms with van der Waals surface area (Å²) < 4.78 is 4.79. The van der Waals surface area contributed by atoms with Crippen molar-refractivity contribution in [1.82, 2.24) is 5.32 Å². The average Bonchev–Trinajstić information content (AvgIpc) is 2.06. The van der Waals surface area contributed by atoms with Gasteiger partial charge in [-0.05, 0) is 18.2 Å². The predicted molar refractivity (Wildman–Crippen MR) is 40.4 cm³/mol. The molecular formula is C8H8NO2. The van der Waals surface area contributed by atoms with Crippen molar-refractivity contribution in [3.8, 4) is 5.75 Å². The van der Waals surface area contributed by atoms with E-state index in [1.807, 2.05) is 0 Å². The number of hydrogen-bond acceptors (Lipinski definition) is 2. The molecule has 0 aromatic heterocycles. The lowest BCUT2D eigenvalue weighted by Gasteiger charge is -2.00. The molecule has 3 nitrogen and oxygen atoms in total. The Morgan fingerprint density at radius 3 is 2.73 bits per heavy atom. The number of rotatable bonds is 1. The minimum atomic E-state index is -0.462. The number of benzene rings is 1. The summed E-state index contributed by atoms with van der Waals surface area (Å²) in [5.74, 6) is 0.517. The first-order valence-electron chi connectivity index (χ1n) is 3.18. The molecule has 0 aliphatic carbocycles. The molecule has 0 unspecified atom stereocenters. The highest BCUT2D eigenvalue weighted by Crippen LogP contribution is 2.07. The third-order valence-electron chi connectivity index (χ3n) is 1.10. The molecule has 1 aromatic carbocycles. The Kier molecular flexibility index (Phi) is 2.49. The Balaban J connectivity index is 2.58. The maximum Gasteiger partial charge on any atom is 0.412 e. The molecule has 0 fully saturated rings. The summed E-state index contributed by atoms with van der Waals surface area (Å²) >= 11 is 0. The van der Waals surface area contributed by atoms with Crippen LogP contribution in [0, 0.1) is 6.07 Å². The lowest BCUT2D eigenvalue weighted by molar-refractivity contribution is 0.203. The predicted octanol–water partition coefficient (Wildman–Crippen LogP) is 1.20. The molecule has 3 heteroatoms. The van der Waals surface area contributed by atoms with Crippen molar-refractivity contribution < 1.29 is 9.53 Å². The van der Waals surface area contributed by atoms with Crippen LogP contribution in [0.2, 0.25) is 0 Å². The minimum absolute atomic E-state index is 0.462. The fourth-order valence-corrected chi connectivity index (χ4v) is 0.598. The second kappa shape index (κ2) is 3.61. The molecular weight excluding hydrogens is 142 g/mol. The van der Waals surface area contributed by atoms with Gasteiger partial charge in [0, 0.05) is 7.05 Å². The summed E-state index contributed by atoms with van der Waals surface area (Å²) in [5.41, 5.74) is 0. The van der Waals surface area contributed by atoms with E-state index < -0.39 is 6.09 Å². The molecule has 11 heavy (non-hydrogen) atoms. The third kappa shape index (κ3) is 2.29. The van der Waals surface area contributed by atoms with E-state index in [1.54, 1.807) is 24.3 Å². The molecule has 0 aliphatic heterocycles. The Hall–Kier alpha value is -1.51. The van der Waals surface area contributed by atoms with Gasteiger partial charge in [-0.2, -0.15) is 0 Å². The Morgan fingerprint density at radius 2 is 2.18 bits per heavy atom. The van der Waals surface area contributed by atoms with Crippen molar-refractivity contribution in [1.29, 1.82) is 0 Å². The first-order valence-corrected chi connectivity index (χ1v) is 3.18. The van der Waals surface area contributed by atoms with Crippen molar-refractivity contribution >= 4 is 6.09 Å². The molecule has 1 aromatic rings. The normalized spacial score (nSPS) is 8.82. The van der Waals surface area contributed by atoms with Gasteiger partial charge in [-0.25, -0.2) is 4.79 Å². The maximum absolute atomic E-state index is 10.6. The van der Waals surface area contributed by atoms with Crippen molar-refractivity contribution in [2.24, 2.45) is 0 Å². The van der Waals surface area contributed by atoms with E-state index in [-0.39, 0.29) is 0 Å². The highest BCUT2D eigenvalue weighted by atomic mass is 16.5. The lowest BCUT2D eigenvalue weighted by Crippen LogP contribution is -2.21. The molecule has 0 bridgehead atoms. The number of carbonyl (C=O) groups is 1. The molecule has 1 amide bonds. The van der Waals surface area contributed by atoms with Crippen LogP contribution < -0.4 is 10.1 Å². The third-order valence-corrected chi connectivity index (χ3v) is 1.10. The van der Waals surface area contributed by atoms with Crippen molar-refractivity contribution in [3.63, 3.8) is 0 Å². The second-order valence-electron chi connectivity index (χ2n) is 1.88. The van der Waals surface area contributed by atoms with E-state index in [1.165, 1.54) is 7.05 Å². The van der Waals surface area contributed by atoms with Crippen LogP contribution in [-0.4, -0.2) is 13.1 Å². The summed E-state index contributed by atoms with van der Waals surface area (Å²) in [6, 6.07) is 9.49. The van der Waals surface area contributed by atoms with Gasteiger partial charge in [0.25, 0.3) is 0 Å². The number of nitrogens with one attached hydrogen (secondary N) is 1. The summed E-state index contributed by atoms with van der Waals surface area (Å²) in [4.78, 5) is 10.6. The molecule has 0 spiro atoms. The van der Waals surface area contributed by atoms with Crippen LogP contribution in [0.15, 0.2) is 24.3 Å². The van der Waals surface area contributed by atoms with Crippen LogP contribution in [0.4, 0.5) is 4.79 Å². The summed E-state index contributed by atoms with van der Waals surface area (Å²) in [5, 5.41) is 2.34. The number of ether oxygens (including phenoxy) is 1. The van der Waals surface area contributed by atoms with E-state index in [0.717, 1.165) is 0 Å². The molecule has 0 saturated carbocycles. The number of hydrogen-bond donors (Lipinski definition) is 1. The van der Waals surface area contributed by atoms with Crippen LogP contribution in [0.3, 0.4) is 0 Å². The molecule has 0 saturated heterocycles.